The first-order valence-corrected chi connectivity index (χ1v) is 8.60. The predicted molar refractivity (Wildman–Crippen MR) is 102 cm³/mol. The fourth-order valence-corrected chi connectivity index (χ4v) is 2.76. The fourth-order valence-electron chi connectivity index (χ4n) is 2.76. The van der Waals surface area contributed by atoms with Crippen molar-refractivity contribution in [3.63, 3.8) is 0 Å². The van der Waals surface area contributed by atoms with Crippen molar-refractivity contribution in [1.82, 2.24) is 15.2 Å². The van der Waals surface area contributed by atoms with Gasteiger partial charge in [-0.15, -0.1) is 0 Å². The molecule has 1 aromatic carbocycles. The minimum atomic E-state index is -0.134. The molecule has 26 heavy (non-hydrogen) atoms. The van der Waals surface area contributed by atoms with E-state index in [0.717, 1.165) is 28.2 Å². The molecule has 3 rings (SSSR count). The number of aryl methyl sites for hydroxylation is 1. The molecular weight excluding hydrogens is 326 g/mol. The number of aromatic nitrogens is 1. The van der Waals surface area contributed by atoms with E-state index in [-0.39, 0.29) is 12.1 Å². The van der Waals surface area contributed by atoms with Crippen molar-refractivity contribution < 1.29 is 9.21 Å². The third kappa shape index (κ3) is 4.30. The van der Waals surface area contributed by atoms with Crippen LogP contribution in [0.1, 0.15) is 30.0 Å². The molecule has 0 fully saturated rings. The Hall–Kier alpha value is -3.08. The second kappa shape index (κ2) is 7.87. The van der Waals surface area contributed by atoms with Gasteiger partial charge in [0.1, 0.15) is 11.5 Å². The summed E-state index contributed by atoms with van der Waals surface area (Å²) in [6, 6.07) is 15.7. The first kappa shape index (κ1) is 17.7. The number of rotatable bonds is 5. The van der Waals surface area contributed by atoms with Gasteiger partial charge in [0, 0.05) is 19.4 Å². The molecule has 3 aromatic rings. The quantitative estimate of drug-likeness (QED) is 0.735. The first-order chi connectivity index (χ1) is 12.5. The number of hydrogen-bond donors (Lipinski definition) is 1. The summed E-state index contributed by atoms with van der Waals surface area (Å²) in [5.41, 5.74) is 3.30. The van der Waals surface area contributed by atoms with Crippen LogP contribution in [0.4, 0.5) is 4.79 Å². The van der Waals surface area contributed by atoms with E-state index >= 15 is 0 Å². The molecule has 2 heterocycles. The summed E-state index contributed by atoms with van der Waals surface area (Å²) < 4.78 is 5.52. The SMILES string of the molecule is Cc1ccc(CN(C)C(=O)NC(C)c2ccc(-c3ccncc3)cc2)o1. The highest BCUT2D eigenvalue weighted by atomic mass is 16.3. The van der Waals surface area contributed by atoms with Gasteiger partial charge >= 0.3 is 6.03 Å². The van der Waals surface area contributed by atoms with Gasteiger partial charge in [-0.3, -0.25) is 4.98 Å². The molecule has 2 amide bonds. The molecule has 5 nitrogen and oxygen atoms in total. The lowest BCUT2D eigenvalue weighted by molar-refractivity contribution is 0.199. The highest BCUT2D eigenvalue weighted by Crippen LogP contribution is 2.21. The van der Waals surface area contributed by atoms with E-state index in [9.17, 15) is 4.79 Å². The predicted octanol–water partition coefficient (Wildman–Crippen LogP) is 4.55. The smallest absolute Gasteiger partial charge is 0.318 e. The Bertz CT molecular complexity index is 856. The lowest BCUT2D eigenvalue weighted by Gasteiger charge is -2.21. The van der Waals surface area contributed by atoms with Gasteiger partial charge in [-0.25, -0.2) is 4.79 Å². The summed E-state index contributed by atoms with van der Waals surface area (Å²) in [7, 11) is 1.76. The average Bonchev–Trinajstić information content (AvgIpc) is 3.07. The van der Waals surface area contributed by atoms with Crippen LogP contribution < -0.4 is 5.32 Å². The van der Waals surface area contributed by atoms with Gasteiger partial charge in [0.2, 0.25) is 0 Å². The second-order valence-corrected chi connectivity index (χ2v) is 6.40. The number of amides is 2. The number of carbonyl (C=O) groups excluding carboxylic acids is 1. The summed E-state index contributed by atoms with van der Waals surface area (Å²) >= 11 is 0. The number of furan rings is 1. The van der Waals surface area contributed by atoms with Gasteiger partial charge in [0.15, 0.2) is 0 Å². The Morgan fingerprint density at radius 3 is 2.35 bits per heavy atom. The molecule has 0 saturated carbocycles. The largest absolute Gasteiger partial charge is 0.464 e. The Morgan fingerprint density at radius 1 is 1.08 bits per heavy atom. The van der Waals surface area contributed by atoms with Gasteiger partial charge in [0.25, 0.3) is 0 Å². The minimum Gasteiger partial charge on any atom is -0.464 e. The van der Waals surface area contributed by atoms with Crippen molar-refractivity contribution in [2.45, 2.75) is 26.4 Å². The molecule has 0 radical (unpaired) electrons. The van der Waals surface area contributed by atoms with Crippen LogP contribution in [-0.4, -0.2) is 23.0 Å². The number of benzene rings is 1. The number of urea groups is 1. The molecule has 0 aliphatic carbocycles. The molecule has 1 unspecified atom stereocenters. The molecule has 1 N–H and O–H groups in total. The summed E-state index contributed by atoms with van der Waals surface area (Å²) in [6.07, 6.45) is 3.56. The highest BCUT2D eigenvalue weighted by molar-refractivity contribution is 5.74. The number of nitrogens with one attached hydrogen (secondary N) is 1. The molecule has 0 spiro atoms. The zero-order chi connectivity index (χ0) is 18.5. The van der Waals surface area contributed by atoms with Gasteiger partial charge in [-0.1, -0.05) is 24.3 Å². The van der Waals surface area contributed by atoms with E-state index in [1.165, 1.54) is 0 Å². The molecule has 2 aromatic heterocycles. The fraction of sp³-hybridized carbons (Fsp3) is 0.238. The lowest BCUT2D eigenvalue weighted by atomic mass is 10.0. The normalized spacial score (nSPS) is 11.8. The third-order valence-electron chi connectivity index (χ3n) is 4.30. The zero-order valence-corrected chi connectivity index (χ0v) is 15.3. The van der Waals surface area contributed by atoms with Crippen LogP contribution in [0.2, 0.25) is 0 Å². The molecule has 0 bridgehead atoms. The van der Waals surface area contributed by atoms with Crippen molar-refractivity contribution >= 4 is 6.03 Å². The van der Waals surface area contributed by atoms with Crippen molar-refractivity contribution in [3.05, 3.63) is 78.0 Å². The Kier molecular flexibility index (Phi) is 5.37. The average molecular weight is 349 g/mol. The minimum absolute atomic E-state index is 0.0882. The van der Waals surface area contributed by atoms with Gasteiger partial charge in [-0.05, 0) is 54.8 Å². The van der Waals surface area contributed by atoms with E-state index in [2.05, 4.69) is 22.4 Å². The van der Waals surface area contributed by atoms with Crippen molar-refractivity contribution in [2.75, 3.05) is 7.05 Å². The van der Waals surface area contributed by atoms with Crippen molar-refractivity contribution in [3.8, 4) is 11.1 Å². The van der Waals surface area contributed by atoms with Crippen LogP contribution in [0.5, 0.6) is 0 Å². The summed E-state index contributed by atoms with van der Waals surface area (Å²) in [5.74, 6) is 1.62. The zero-order valence-electron chi connectivity index (χ0n) is 15.3. The van der Waals surface area contributed by atoms with Crippen LogP contribution >= 0.6 is 0 Å². The number of hydrogen-bond acceptors (Lipinski definition) is 3. The standard InChI is InChI=1S/C21H23N3O2/c1-15-4-9-20(26-15)14-24(3)21(25)23-16(2)17-5-7-18(8-6-17)19-10-12-22-13-11-19/h4-13,16H,14H2,1-3H3,(H,23,25). The van der Waals surface area contributed by atoms with Crippen LogP contribution in [0.15, 0.2) is 65.3 Å². The van der Waals surface area contributed by atoms with Crippen LogP contribution in [0.25, 0.3) is 11.1 Å². The Balaban J connectivity index is 1.60. The molecule has 134 valence electrons. The van der Waals surface area contributed by atoms with E-state index in [0.29, 0.717) is 6.54 Å². The van der Waals surface area contributed by atoms with E-state index in [1.807, 2.05) is 50.2 Å². The number of pyridine rings is 1. The van der Waals surface area contributed by atoms with Crippen LogP contribution in [0.3, 0.4) is 0 Å². The number of carbonyl (C=O) groups is 1. The Morgan fingerprint density at radius 2 is 1.73 bits per heavy atom. The maximum Gasteiger partial charge on any atom is 0.318 e. The molecule has 0 saturated heterocycles. The van der Waals surface area contributed by atoms with Crippen LogP contribution in [0, 0.1) is 6.92 Å². The monoisotopic (exact) mass is 349 g/mol. The second-order valence-electron chi connectivity index (χ2n) is 6.40. The van der Waals surface area contributed by atoms with Gasteiger partial charge in [0.05, 0.1) is 12.6 Å². The topological polar surface area (TPSA) is 58.4 Å². The van der Waals surface area contributed by atoms with Crippen molar-refractivity contribution in [2.24, 2.45) is 0 Å². The van der Waals surface area contributed by atoms with E-state index in [1.54, 1.807) is 24.3 Å². The van der Waals surface area contributed by atoms with Crippen molar-refractivity contribution in [1.29, 1.82) is 0 Å². The third-order valence-corrected chi connectivity index (χ3v) is 4.30. The summed E-state index contributed by atoms with van der Waals surface area (Å²) in [4.78, 5) is 18.0. The van der Waals surface area contributed by atoms with E-state index < -0.39 is 0 Å². The lowest BCUT2D eigenvalue weighted by Crippen LogP contribution is -2.38. The molecular formula is C21H23N3O2. The highest BCUT2D eigenvalue weighted by Gasteiger charge is 2.15. The summed E-state index contributed by atoms with van der Waals surface area (Å²) in [6.45, 7) is 4.30. The Labute approximate surface area is 153 Å². The summed E-state index contributed by atoms with van der Waals surface area (Å²) in [5, 5.41) is 3.02. The first-order valence-electron chi connectivity index (χ1n) is 8.60. The van der Waals surface area contributed by atoms with Gasteiger partial charge < -0.3 is 14.6 Å². The molecule has 0 aliphatic heterocycles. The number of nitrogens with zero attached hydrogens (tertiary/aromatic N) is 2. The van der Waals surface area contributed by atoms with Gasteiger partial charge in [-0.2, -0.15) is 0 Å². The molecule has 1 atom stereocenters. The maximum absolute atomic E-state index is 12.4. The van der Waals surface area contributed by atoms with E-state index in [4.69, 9.17) is 4.42 Å². The molecule has 5 heteroatoms. The maximum atomic E-state index is 12.4. The molecule has 0 aliphatic rings. The van der Waals surface area contributed by atoms with Crippen LogP contribution in [-0.2, 0) is 6.54 Å².